The van der Waals surface area contributed by atoms with Gasteiger partial charge in [0.25, 0.3) is 0 Å². The van der Waals surface area contributed by atoms with E-state index in [1.807, 2.05) is 30.3 Å². The highest BCUT2D eigenvalue weighted by Crippen LogP contribution is 2.20. The van der Waals surface area contributed by atoms with Gasteiger partial charge in [-0.25, -0.2) is 9.59 Å². The molecule has 0 aliphatic rings. The fourth-order valence-corrected chi connectivity index (χ4v) is 1.76. The summed E-state index contributed by atoms with van der Waals surface area (Å²) in [5.74, 6) is -2.04. The number of rotatable bonds is 6. The second kappa shape index (κ2) is 8.56. The Kier molecular flexibility index (Phi) is 6.76. The highest BCUT2D eigenvalue weighted by Gasteiger charge is 2.19. The molecular formula is C17H18O5. The summed E-state index contributed by atoms with van der Waals surface area (Å²) >= 11 is 0. The average molecular weight is 302 g/mol. The van der Waals surface area contributed by atoms with E-state index in [4.69, 9.17) is 0 Å². The van der Waals surface area contributed by atoms with Crippen LogP contribution in [0.15, 0.2) is 54.1 Å². The Morgan fingerprint density at radius 3 is 2.09 bits per heavy atom. The number of ether oxygens (including phenoxy) is 2. The maximum atomic E-state index is 12.5. The molecule has 0 aliphatic heterocycles. The molecule has 22 heavy (non-hydrogen) atoms. The third-order valence-corrected chi connectivity index (χ3v) is 3.05. The van der Waals surface area contributed by atoms with Crippen molar-refractivity contribution in [3.63, 3.8) is 0 Å². The minimum atomic E-state index is -0.668. The molecule has 0 spiro atoms. The minimum absolute atomic E-state index is 0.0774. The number of methoxy groups -OCH3 is 2. The molecule has 1 atom stereocenters. The van der Waals surface area contributed by atoms with Crippen molar-refractivity contribution in [2.45, 2.75) is 12.8 Å². The van der Waals surface area contributed by atoms with Crippen molar-refractivity contribution in [1.82, 2.24) is 0 Å². The smallest absolute Gasteiger partial charge is 0.331 e. The lowest BCUT2D eigenvalue weighted by atomic mass is 9.92. The van der Waals surface area contributed by atoms with Crippen molar-refractivity contribution in [1.29, 1.82) is 0 Å². The van der Waals surface area contributed by atoms with Crippen molar-refractivity contribution in [2.75, 3.05) is 14.2 Å². The molecular weight excluding hydrogens is 284 g/mol. The maximum Gasteiger partial charge on any atom is 0.331 e. The number of allylic oxidation sites excluding steroid dienone is 2. The lowest BCUT2D eigenvalue weighted by molar-refractivity contribution is -0.136. The molecule has 5 nitrogen and oxygen atoms in total. The summed E-state index contributed by atoms with van der Waals surface area (Å²) < 4.78 is 9.01. The SMILES string of the molecule is COC(=O)/C=C/C(=C\C(=O)OC)C(=O)C(C)c1ccccc1. The first-order valence-electron chi connectivity index (χ1n) is 6.64. The van der Waals surface area contributed by atoms with E-state index in [-0.39, 0.29) is 11.4 Å². The van der Waals surface area contributed by atoms with Crippen LogP contribution in [0.25, 0.3) is 0 Å². The summed E-state index contributed by atoms with van der Waals surface area (Å²) in [6.07, 6.45) is 3.40. The van der Waals surface area contributed by atoms with E-state index in [9.17, 15) is 14.4 Å². The normalized spacial score (nSPS) is 12.8. The Bertz CT molecular complexity index is 599. The molecule has 0 saturated heterocycles. The molecule has 0 amide bonds. The fraction of sp³-hybridized carbons (Fsp3) is 0.235. The number of benzene rings is 1. The van der Waals surface area contributed by atoms with Crippen molar-refractivity contribution in [3.8, 4) is 0 Å². The number of carbonyl (C=O) groups excluding carboxylic acids is 3. The van der Waals surface area contributed by atoms with Crippen LogP contribution in [0.4, 0.5) is 0 Å². The molecule has 0 aliphatic carbocycles. The van der Waals surface area contributed by atoms with Crippen LogP contribution in [-0.2, 0) is 23.9 Å². The molecule has 0 fully saturated rings. The Morgan fingerprint density at radius 1 is 0.955 bits per heavy atom. The molecule has 0 bridgehead atoms. The van der Waals surface area contributed by atoms with E-state index in [0.29, 0.717) is 0 Å². The van der Waals surface area contributed by atoms with Crippen LogP contribution in [0.2, 0.25) is 0 Å². The number of ketones is 1. The fourth-order valence-electron chi connectivity index (χ4n) is 1.76. The quantitative estimate of drug-likeness (QED) is 0.458. The second-order valence-corrected chi connectivity index (χ2v) is 4.48. The zero-order valence-corrected chi connectivity index (χ0v) is 12.7. The van der Waals surface area contributed by atoms with E-state index >= 15 is 0 Å². The molecule has 5 heteroatoms. The molecule has 0 heterocycles. The van der Waals surface area contributed by atoms with Gasteiger partial charge in [0.2, 0.25) is 0 Å². The first kappa shape index (κ1) is 17.4. The topological polar surface area (TPSA) is 69.7 Å². The average Bonchev–Trinajstić information content (AvgIpc) is 2.57. The van der Waals surface area contributed by atoms with Crippen LogP contribution in [0.1, 0.15) is 18.4 Å². The van der Waals surface area contributed by atoms with Crippen molar-refractivity contribution >= 4 is 17.7 Å². The van der Waals surface area contributed by atoms with Gasteiger partial charge in [0, 0.05) is 23.6 Å². The molecule has 0 saturated carbocycles. The monoisotopic (exact) mass is 302 g/mol. The first-order valence-corrected chi connectivity index (χ1v) is 6.64. The van der Waals surface area contributed by atoms with Gasteiger partial charge in [-0.1, -0.05) is 37.3 Å². The van der Waals surface area contributed by atoms with Gasteiger partial charge in [-0.2, -0.15) is 0 Å². The number of hydrogen-bond acceptors (Lipinski definition) is 5. The summed E-state index contributed by atoms with van der Waals surface area (Å²) in [6, 6.07) is 9.15. The van der Waals surface area contributed by atoms with Crippen LogP contribution in [0, 0.1) is 0 Å². The van der Waals surface area contributed by atoms with Crippen LogP contribution in [-0.4, -0.2) is 31.9 Å². The van der Waals surface area contributed by atoms with Crippen molar-refractivity contribution in [2.24, 2.45) is 0 Å². The third-order valence-electron chi connectivity index (χ3n) is 3.05. The van der Waals surface area contributed by atoms with Crippen LogP contribution >= 0.6 is 0 Å². The second-order valence-electron chi connectivity index (χ2n) is 4.48. The molecule has 1 aromatic rings. The van der Waals surface area contributed by atoms with E-state index in [1.54, 1.807) is 6.92 Å². The predicted molar refractivity (Wildman–Crippen MR) is 81.1 cm³/mol. The highest BCUT2D eigenvalue weighted by molar-refractivity contribution is 6.07. The molecule has 0 aromatic heterocycles. The summed E-state index contributed by atoms with van der Waals surface area (Å²) in [5.41, 5.74) is 0.892. The zero-order chi connectivity index (χ0) is 16.5. The number of hydrogen-bond donors (Lipinski definition) is 0. The van der Waals surface area contributed by atoms with Crippen LogP contribution in [0.3, 0.4) is 0 Å². The lowest BCUT2D eigenvalue weighted by Crippen LogP contribution is -2.13. The minimum Gasteiger partial charge on any atom is -0.466 e. The molecule has 116 valence electrons. The maximum absolute atomic E-state index is 12.5. The molecule has 0 radical (unpaired) electrons. The molecule has 0 N–H and O–H groups in total. The zero-order valence-electron chi connectivity index (χ0n) is 12.7. The summed E-state index contributed by atoms with van der Waals surface area (Å²) in [7, 11) is 2.44. The summed E-state index contributed by atoms with van der Waals surface area (Å²) in [6.45, 7) is 1.73. The van der Waals surface area contributed by atoms with E-state index < -0.39 is 17.9 Å². The van der Waals surface area contributed by atoms with Crippen LogP contribution < -0.4 is 0 Å². The number of carbonyl (C=O) groups is 3. The van der Waals surface area contributed by atoms with Gasteiger partial charge in [-0.3, -0.25) is 4.79 Å². The van der Waals surface area contributed by atoms with E-state index in [0.717, 1.165) is 17.7 Å². The third kappa shape index (κ3) is 5.01. The number of esters is 2. The van der Waals surface area contributed by atoms with Gasteiger partial charge in [-0.05, 0) is 11.6 Å². The van der Waals surface area contributed by atoms with Crippen LogP contribution in [0.5, 0.6) is 0 Å². The predicted octanol–water partition coefficient (Wildman–Crippen LogP) is 2.19. The van der Waals surface area contributed by atoms with Gasteiger partial charge >= 0.3 is 11.9 Å². The van der Waals surface area contributed by atoms with Gasteiger partial charge in [0.1, 0.15) is 0 Å². The first-order chi connectivity index (χ1) is 10.5. The van der Waals surface area contributed by atoms with Crippen molar-refractivity contribution < 1.29 is 23.9 Å². The van der Waals surface area contributed by atoms with Gasteiger partial charge in [0.15, 0.2) is 5.78 Å². The van der Waals surface area contributed by atoms with Gasteiger partial charge in [0.05, 0.1) is 14.2 Å². The summed E-state index contributed by atoms with van der Waals surface area (Å²) in [4.78, 5) is 35.1. The Hall–Kier alpha value is -2.69. The van der Waals surface area contributed by atoms with E-state index in [1.165, 1.54) is 20.3 Å². The largest absolute Gasteiger partial charge is 0.466 e. The Morgan fingerprint density at radius 2 is 1.55 bits per heavy atom. The van der Waals surface area contributed by atoms with Gasteiger partial charge in [-0.15, -0.1) is 0 Å². The Balaban J connectivity index is 3.07. The Labute approximate surface area is 129 Å². The molecule has 1 aromatic carbocycles. The lowest BCUT2D eigenvalue weighted by Gasteiger charge is -2.11. The molecule has 1 unspecified atom stereocenters. The molecule has 1 rings (SSSR count). The van der Waals surface area contributed by atoms with E-state index in [2.05, 4.69) is 9.47 Å². The standard InChI is InChI=1S/C17H18O5/c1-12(13-7-5-4-6-8-13)17(20)14(11-16(19)22-3)9-10-15(18)21-2/h4-12H,1-3H3/b10-9+,14-11+. The number of Topliss-reactive ketones (excluding diaryl/α,β-unsaturated/α-hetero) is 1. The van der Waals surface area contributed by atoms with Crippen molar-refractivity contribution in [3.05, 3.63) is 59.7 Å². The highest BCUT2D eigenvalue weighted by atomic mass is 16.5. The summed E-state index contributed by atoms with van der Waals surface area (Å²) in [5, 5.41) is 0. The van der Waals surface area contributed by atoms with Gasteiger partial charge < -0.3 is 9.47 Å².